The highest BCUT2D eigenvalue weighted by Gasteiger charge is 2.26. The molecule has 0 aromatic carbocycles. The summed E-state index contributed by atoms with van der Waals surface area (Å²) in [5, 5.41) is 13.3. The van der Waals surface area contributed by atoms with Crippen LogP contribution in [0.3, 0.4) is 0 Å². The van der Waals surface area contributed by atoms with Crippen molar-refractivity contribution in [2.24, 2.45) is 0 Å². The van der Waals surface area contributed by atoms with Crippen LogP contribution in [-0.2, 0) is 22.4 Å². The van der Waals surface area contributed by atoms with Crippen molar-refractivity contribution in [2.75, 3.05) is 18.2 Å². The van der Waals surface area contributed by atoms with E-state index in [-0.39, 0.29) is 12.3 Å². The van der Waals surface area contributed by atoms with Gasteiger partial charge in [0.2, 0.25) is 5.91 Å². The fourth-order valence-electron chi connectivity index (χ4n) is 3.13. The molecule has 0 atom stereocenters. The molecule has 28 heavy (non-hydrogen) atoms. The SMILES string of the molecule is COC(=O)c1c(NC(=O)CCSc2nc(C)ccc2C#N)sc2c1CCCC2. The predicted molar refractivity (Wildman–Crippen MR) is 110 cm³/mol. The first-order chi connectivity index (χ1) is 13.5. The molecule has 1 aliphatic rings. The van der Waals surface area contributed by atoms with Gasteiger partial charge in [0.15, 0.2) is 0 Å². The summed E-state index contributed by atoms with van der Waals surface area (Å²) in [7, 11) is 1.36. The molecule has 3 rings (SSSR count). The Labute approximate surface area is 172 Å². The van der Waals surface area contributed by atoms with Crippen LogP contribution in [-0.4, -0.2) is 29.7 Å². The highest BCUT2D eigenvalue weighted by atomic mass is 32.2. The zero-order chi connectivity index (χ0) is 20.1. The number of nitrogens with zero attached hydrogens (tertiary/aromatic N) is 2. The first-order valence-corrected chi connectivity index (χ1v) is 10.9. The molecule has 2 heterocycles. The van der Waals surface area contributed by atoms with Gasteiger partial charge in [-0.25, -0.2) is 9.78 Å². The largest absolute Gasteiger partial charge is 0.465 e. The van der Waals surface area contributed by atoms with Gasteiger partial charge in [-0.3, -0.25) is 4.79 Å². The molecular formula is C20H21N3O3S2. The molecule has 2 aromatic rings. The van der Waals surface area contributed by atoms with Gasteiger partial charge in [-0.05, 0) is 50.3 Å². The average Bonchev–Trinajstić information content (AvgIpc) is 3.05. The van der Waals surface area contributed by atoms with E-state index in [1.165, 1.54) is 35.1 Å². The number of nitriles is 1. The van der Waals surface area contributed by atoms with Crippen molar-refractivity contribution in [3.05, 3.63) is 39.4 Å². The normalized spacial score (nSPS) is 12.8. The van der Waals surface area contributed by atoms with Gasteiger partial charge >= 0.3 is 5.97 Å². The summed E-state index contributed by atoms with van der Waals surface area (Å²) in [5.41, 5.74) is 2.87. The summed E-state index contributed by atoms with van der Waals surface area (Å²) in [5.74, 6) is -0.0654. The Morgan fingerprint density at radius 2 is 2.14 bits per heavy atom. The number of methoxy groups -OCH3 is 1. The third kappa shape index (κ3) is 4.54. The third-order valence-electron chi connectivity index (χ3n) is 4.50. The summed E-state index contributed by atoms with van der Waals surface area (Å²) < 4.78 is 4.93. The number of nitrogens with one attached hydrogen (secondary N) is 1. The highest BCUT2D eigenvalue weighted by Crippen LogP contribution is 2.38. The number of carbonyl (C=O) groups is 2. The smallest absolute Gasteiger partial charge is 0.341 e. The number of fused-ring (bicyclic) bond motifs is 1. The summed E-state index contributed by atoms with van der Waals surface area (Å²) >= 11 is 2.86. The number of hydrogen-bond donors (Lipinski definition) is 1. The van der Waals surface area contributed by atoms with Crippen LogP contribution in [0.25, 0.3) is 0 Å². The minimum absolute atomic E-state index is 0.164. The minimum atomic E-state index is -0.397. The minimum Gasteiger partial charge on any atom is -0.465 e. The molecule has 0 radical (unpaired) electrons. The van der Waals surface area contributed by atoms with Gasteiger partial charge in [-0.15, -0.1) is 23.1 Å². The van der Waals surface area contributed by atoms with Gasteiger partial charge in [-0.2, -0.15) is 5.26 Å². The van der Waals surface area contributed by atoms with Crippen LogP contribution >= 0.6 is 23.1 Å². The highest BCUT2D eigenvalue weighted by molar-refractivity contribution is 7.99. The number of aromatic nitrogens is 1. The van der Waals surface area contributed by atoms with E-state index in [1.807, 2.05) is 6.92 Å². The lowest BCUT2D eigenvalue weighted by Gasteiger charge is -2.11. The Morgan fingerprint density at radius 3 is 2.89 bits per heavy atom. The zero-order valence-electron chi connectivity index (χ0n) is 15.8. The zero-order valence-corrected chi connectivity index (χ0v) is 17.5. The maximum Gasteiger partial charge on any atom is 0.341 e. The van der Waals surface area contributed by atoms with E-state index in [1.54, 1.807) is 12.1 Å². The molecule has 1 amide bonds. The number of thiophene rings is 1. The Bertz CT molecular complexity index is 947. The molecule has 0 bridgehead atoms. The maximum absolute atomic E-state index is 12.4. The molecule has 1 aliphatic carbocycles. The lowest BCUT2D eigenvalue weighted by molar-refractivity contribution is -0.115. The molecule has 6 nitrogen and oxygen atoms in total. The number of esters is 1. The molecule has 0 spiro atoms. The van der Waals surface area contributed by atoms with E-state index < -0.39 is 5.97 Å². The van der Waals surface area contributed by atoms with Crippen molar-refractivity contribution in [2.45, 2.75) is 44.1 Å². The van der Waals surface area contributed by atoms with Crippen molar-refractivity contribution in [1.82, 2.24) is 4.98 Å². The van der Waals surface area contributed by atoms with E-state index in [0.29, 0.717) is 26.9 Å². The number of aryl methyl sites for hydroxylation is 2. The lowest BCUT2D eigenvalue weighted by Crippen LogP contribution is -2.15. The number of carbonyl (C=O) groups excluding carboxylic acids is 2. The fraction of sp³-hybridized carbons (Fsp3) is 0.400. The van der Waals surface area contributed by atoms with Crippen LogP contribution in [0.1, 0.15) is 51.3 Å². The van der Waals surface area contributed by atoms with Crippen LogP contribution in [0.4, 0.5) is 5.00 Å². The summed E-state index contributed by atoms with van der Waals surface area (Å²) in [4.78, 5) is 30.2. The second-order valence-corrected chi connectivity index (χ2v) is 8.66. The number of thioether (sulfide) groups is 1. The van der Waals surface area contributed by atoms with E-state index >= 15 is 0 Å². The van der Waals surface area contributed by atoms with E-state index in [4.69, 9.17) is 4.74 Å². The Hall–Kier alpha value is -2.37. The molecule has 8 heteroatoms. The van der Waals surface area contributed by atoms with Crippen molar-refractivity contribution in [3.63, 3.8) is 0 Å². The molecule has 146 valence electrons. The molecule has 0 saturated heterocycles. The van der Waals surface area contributed by atoms with Crippen molar-refractivity contribution < 1.29 is 14.3 Å². The number of amides is 1. The van der Waals surface area contributed by atoms with Crippen LogP contribution in [0.15, 0.2) is 17.2 Å². The quantitative estimate of drug-likeness (QED) is 0.564. The molecule has 0 unspecified atom stereocenters. The topological polar surface area (TPSA) is 92.1 Å². The molecule has 0 fully saturated rings. The predicted octanol–water partition coefficient (Wildman–Crippen LogP) is 4.11. The molecule has 1 N–H and O–H groups in total. The summed E-state index contributed by atoms with van der Waals surface area (Å²) in [6.45, 7) is 1.87. The lowest BCUT2D eigenvalue weighted by atomic mass is 9.95. The van der Waals surface area contributed by atoms with Crippen LogP contribution in [0.2, 0.25) is 0 Å². The Morgan fingerprint density at radius 1 is 1.36 bits per heavy atom. The van der Waals surface area contributed by atoms with Crippen molar-refractivity contribution in [3.8, 4) is 6.07 Å². The van der Waals surface area contributed by atoms with E-state index in [2.05, 4.69) is 16.4 Å². The van der Waals surface area contributed by atoms with Crippen molar-refractivity contribution >= 4 is 40.0 Å². The molecule has 0 aliphatic heterocycles. The second-order valence-electron chi connectivity index (χ2n) is 6.47. The Balaban J connectivity index is 1.66. The average molecular weight is 416 g/mol. The number of hydrogen-bond acceptors (Lipinski definition) is 7. The maximum atomic E-state index is 12.4. The number of ether oxygens (including phenoxy) is 1. The number of anilines is 1. The van der Waals surface area contributed by atoms with E-state index in [0.717, 1.165) is 36.9 Å². The monoisotopic (exact) mass is 415 g/mol. The van der Waals surface area contributed by atoms with Crippen molar-refractivity contribution in [1.29, 1.82) is 5.26 Å². The molecule has 2 aromatic heterocycles. The van der Waals surface area contributed by atoms with Crippen LogP contribution < -0.4 is 5.32 Å². The molecule has 0 saturated carbocycles. The number of rotatable bonds is 6. The first kappa shape index (κ1) is 20.4. The van der Waals surface area contributed by atoms with Gasteiger partial charge in [0.1, 0.15) is 16.1 Å². The fourth-order valence-corrected chi connectivity index (χ4v) is 5.38. The first-order valence-electron chi connectivity index (χ1n) is 9.06. The van der Waals surface area contributed by atoms with Gasteiger partial charge < -0.3 is 10.1 Å². The van der Waals surface area contributed by atoms with Gasteiger partial charge in [-0.1, -0.05) is 0 Å². The second kappa shape index (κ2) is 9.22. The van der Waals surface area contributed by atoms with Gasteiger partial charge in [0, 0.05) is 22.7 Å². The number of pyridine rings is 1. The van der Waals surface area contributed by atoms with Crippen LogP contribution in [0.5, 0.6) is 0 Å². The standard InChI is InChI=1S/C20H21N3O3S2/c1-12-7-8-13(11-21)18(22-12)27-10-9-16(24)23-19-17(20(25)26-2)14-5-3-4-6-15(14)28-19/h7-8H,3-6,9-10H2,1-2H3,(H,23,24). The van der Waals surface area contributed by atoms with E-state index in [9.17, 15) is 14.9 Å². The van der Waals surface area contributed by atoms with Gasteiger partial charge in [0.05, 0.1) is 18.2 Å². The van der Waals surface area contributed by atoms with Gasteiger partial charge in [0.25, 0.3) is 0 Å². The third-order valence-corrected chi connectivity index (χ3v) is 6.70. The summed E-state index contributed by atoms with van der Waals surface area (Å²) in [6, 6.07) is 5.65. The Kier molecular flexibility index (Phi) is 6.70. The molecular weight excluding hydrogens is 394 g/mol. The summed E-state index contributed by atoms with van der Waals surface area (Å²) in [6.07, 6.45) is 4.18. The van der Waals surface area contributed by atoms with Crippen LogP contribution in [0, 0.1) is 18.3 Å².